The summed E-state index contributed by atoms with van der Waals surface area (Å²) in [6.07, 6.45) is -2.04. The molecule has 1 atom stereocenters. The standard InChI is InChI=1S/C21H20F4N4O2/c1-12(13-4-3-5-14(8-13)21(23,24)25)26-18-16-10-29(20(11-22)6-7-20)17(30)9-15(16)19(31)28(2)27-18/h3-5,8-10,12H,6-7,11H2,1-2H3,(H,26,27)/t12-/m1/s1. The number of alkyl halides is 4. The van der Waals surface area contributed by atoms with Crippen molar-refractivity contribution in [3.8, 4) is 0 Å². The Hall–Kier alpha value is -3.17. The Balaban J connectivity index is 1.80. The Kier molecular flexibility index (Phi) is 4.90. The minimum absolute atomic E-state index is 0.104. The number of aromatic nitrogens is 3. The molecule has 2 heterocycles. The number of anilines is 1. The van der Waals surface area contributed by atoms with Crippen LogP contribution in [0.25, 0.3) is 10.8 Å². The fourth-order valence-electron chi connectivity index (χ4n) is 3.66. The molecule has 1 fully saturated rings. The van der Waals surface area contributed by atoms with Gasteiger partial charge >= 0.3 is 6.18 Å². The molecule has 6 nitrogen and oxygen atoms in total. The average Bonchev–Trinajstić information content (AvgIpc) is 3.52. The van der Waals surface area contributed by atoms with Gasteiger partial charge in [-0.2, -0.15) is 18.3 Å². The largest absolute Gasteiger partial charge is 0.416 e. The van der Waals surface area contributed by atoms with Crippen LogP contribution in [0.1, 0.15) is 36.9 Å². The molecule has 1 aromatic carbocycles. The second kappa shape index (κ2) is 7.21. The van der Waals surface area contributed by atoms with Gasteiger partial charge < -0.3 is 9.88 Å². The molecule has 10 heteroatoms. The molecule has 1 aliphatic carbocycles. The predicted octanol–water partition coefficient (Wildman–Crippen LogP) is 3.75. The third-order valence-corrected chi connectivity index (χ3v) is 5.74. The molecular formula is C21H20F4N4O2. The molecule has 0 unspecified atom stereocenters. The first-order valence-electron chi connectivity index (χ1n) is 9.70. The van der Waals surface area contributed by atoms with E-state index in [9.17, 15) is 27.2 Å². The maximum Gasteiger partial charge on any atom is 0.416 e. The molecule has 31 heavy (non-hydrogen) atoms. The summed E-state index contributed by atoms with van der Waals surface area (Å²) in [5.74, 6) is 0.213. The maximum atomic E-state index is 13.6. The van der Waals surface area contributed by atoms with E-state index in [-0.39, 0.29) is 11.2 Å². The number of aryl methyl sites for hydroxylation is 1. The van der Waals surface area contributed by atoms with Crippen molar-refractivity contribution in [3.63, 3.8) is 0 Å². The minimum atomic E-state index is -4.47. The number of hydrogen-bond donors (Lipinski definition) is 1. The van der Waals surface area contributed by atoms with E-state index in [1.54, 1.807) is 13.0 Å². The van der Waals surface area contributed by atoms with Gasteiger partial charge in [-0.3, -0.25) is 9.59 Å². The molecule has 0 aliphatic heterocycles. The lowest BCUT2D eigenvalue weighted by Crippen LogP contribution is -2.33. The summed E-state index contributed by atoms with van der Waals surface area (Å²) in [5, 5.41) is 7.65. The highest BCUT2D eigenvalue weighted by molar-refractivity contribution is 5.90. The topological polar surface area (TPSA) is 68.9 Å². The smallest absolute Gasteiger partial charge is 0.362 e. The maximum absolute atomic E-state index is 13.6. The van der Waals surface area contributed by atoms with Gasteiger partial charge in [0.15, 0.2) is 5.82 Å². The zero-order valence-corrected chi connectivity index (χ0v) is 16.8. The van der Waals surface area contributed by atoms with Crippen LogP contribution in [0.5, 0.6) is 0 Å². The highest BCUT2D eigenvalue weighted by atomic mass is 19.4. The number of benzene rings is 1. The zero-order valence-electron chi connectivity index (χ0n) is 16.8. The van der Waals surface area contributed by atoms with Crippen molar-refractivity contribution in [2.75, 3.05) is 12.0 Å². The van der Waals surface area contributed by atoms with Crippen molar-refractivity contribution in [2.45, 2.75) is 37.5 Å². The lowest BCUT2D eigenvalue weighted by atomic mass is 10.0. The first kappa shape index (κ1) is 21.1. The van der Waals surface area contributed by atoms with Gasteiger partial charge in [-0.25, -0.2) is 9.07 Å². The summed E-state index contributed by atoms with van der Waals surface area (Å²) in [6, 6.07) is 5.47. The van der Waals surface area contributed by atoms with Crippen LogP contribution < -0.4 is 16.4 Å². The molecule has 1 saturated carbocycles. The summed E-state index contributed by atoms with van der Waals surface area (Å²) < 4.78 is 55.1. The fraction of sp³-hybridized carbons (Fsp3) is 0.381. The van der Waals surface area contributed by atoms with Gasteiger partial charge in [-0.15, -0.1) is 0 Å². The molecule has 2 aromatic heterocycles. The van der Waals surface area contributed by atoms with Crippen LogP contribution >= 0.6 is 0 Å². The second-order valence-corrected chi connectivity index (χ2v) is 7.93. The number of fused-ring (bicyclic) bond motifs is 1. The SMILES string of the molecule is C[C@@H](Nc1nn(C)c(=O)c2cc(=O)n(C3(CF)CC3)cc12)c1cccc(C(F)(F)F)c1. The van der Waals surface area contributed by atoms with E-state index in [0.717, 1.165) is 22.9 Å². The lowest BCUT2D eigenvalue weighted by Gasteiger charge is -2.20. The Morgan fingerprint density at radius 1 is 1.19 bits per heavy atom. The van der Waals surface area contributed by atoms with Gasteiger partial charge in [-0.1, -0.05) is 12.1 Å². The van der Waals surface area contributed by atoms with Gasteiger partial charge in [0.05, 0.1) is 22.5 Å². The van der Waals surface area contributed by atoms with Gasteiger partial charge in [0.2, 0.25) is 0 Å². The number of nitrogens with zero attached hydrogens (tertiary/aromatic N) is 3. The van der Waals surface area contributed by atoms with E-state index in [2.05, 4.69) is 10.4 Å². The van der Waals surface area contributed by atoms with E-state index >= 15 is 0 Å². The van der Waals surface area contributed by atoms with Gasteiger partial charge in [0.25, 0.3) is 11.1 Å². The lowest BCUT2D eigenvalue weighted by molar-refractivity contribution is -0.137. The summed E-state index contributed by atoms with van der Waals surface area (Å²) in [4.78, 5) is 25.0. The summed E-state index contributed by atoms with van der Waals surface area (Å²) in [6.45, 7) is 0.953. The molecule has 0 spiro atoms. The minimum Gasteiger partial charge on any atom is -0.362 e. The summed E-state index contributed by atoms with van der Waals surface area (Å²) in [7, 11) is 1.41. The molecule has 0 bridgehead atoms. The third kappa shape index (κ3) is 3.70. The van der Waals surface area contributed by atoms with E-state index < -0.39 is 41.1 Å². The van der Waals surface area contributed by atoms with E-state index in [1.807, 2.05) is 0 Å². The van der Waals surface area contributed by atoms with Crippen molar-refractivity contribution in [1.29, 1.82) is 0 Å². The van der Waals surface area contributed by atoms with E-state index in [1.165, 1.54) is 23.9 Å². The second-order valence-electron chi connectivity index (χ2n) is 7.93. The Morgan fingerprint density at radius 3 is 2.52 bits per heavy atom. The van der Waals surface area contributed by atoms with E-state index in [4.69, 9.17) is 0 Å². The van der Waals surface area contributed by atoms with Gasteiger partial charge in [0.1, 0.15) is 6.67 Å². The first-order chi connectivity index (χ1) is 14.6. The highest BCUT2D eigenvalue weighted by Crippen LogP contribution is 2.43. The number of hydrogen-bond acceptors (Lipinski definition) is 4. The summed E-state index contributed by atoms with van der Waals surface area (Å²) >= 11 is 0. The van der Waals surface area contributed by atoms with Crippen molar-refractivity contribution in [1.82, 2.24) is 14.3 Å². The monoisotopic (exact) mass is 436 g/mol. The molecule has 4 rings (SSSR count). The zero-order chi connectivity index (χ0) is 22.6. The number of halogens is 4. The van der Waals surface area contributed by atoms with E-state index in [0.29, 0.717) is 23.8 Å². The predicted molar refractivity (Wildman–Crippen MR) is 108 cm³/mol. The Labute approximate surface area is 174 Å². The molecular weight excluding hydrogens is 416 g/mol. The highest BCUT2D eigenvalue weighted by Gasteiger charge is 2.45. The van der Waals surface area contributed by atoms with Gasteiger partial charge in [0, 0.05) is 24.7 Å². The molecule has 0 radical (unpaired) electrons. The van der Waals surface area contributed by atoms with Crippen LogP contribution in [0.15, 0.2) is 46.1 Å². The number of rotatable bonds is 5. The average molecular weight is 436 g/mol. The van der Waals surface area contributed by atoms with Crippen molar-refractivity contribution < 1.29 is 17.6 Å². The number of nitrogens with one attached hydrogen (secondary N) is 1. The third-order valence-electron chi connectivity index (χ3n) is 5.74. The quantitative estimate of drug-likeness (QED) is 0.619. The van der Waals surface area contributed by atoms with Gasteiger partial charge in [-0.05, 0) is 37.5 Å². The van der Waals surface area contributed by atoms with Crippen LogP contribution in [0, 0.1) is 0 Å². The van der Waals surface area contributed by atoms with Crippen LogP contribution in [-0.2, 0) is 18.8 Å². The molecule has 1 aliphatic rings. The molecule has 1 N–H and O–H groups in total. The molecule has 3 aromatic rings. The first-order valence-corrected chi connectivity index (χ1v) is 9.70. The van der Waals surface area contributed by atoms with Crippen LogP contribution in [0.2, 0.25) is 0 Å². The molecule has 0 amide bonds. The Bertz CT molecular complexity index is 1280. The number of pyridine rings is 1. The van der Waals surface area contributed by atoms with Crippen LogP contribution in [-0.4, -0.2) is 21.0 Å². The van der Waals surface area contributed by atoms with Crippen molar-refractivity contribution in [3.05, 3.63) is 68.4 Å². The summed E-state index contributed by atoms with van der Waals surface area (Å²) in [5.41, 5.74) is -2.29. The van der Waals surface area contributed by atoms with Crippen LogP contribution in [0.3, 0.4) is 0 Å². The fourth-order valence-corrected chi connectivity index (χ4v) is 3.66. The van der Waals surface area contributed by atoms with Crippen molar-refractivity contribution >= 4 is 16.6 Å². The Morgan fingerprint density at radius 2 is 1.90 bits per heavy atom. The van der Waals surface area contributed by atoms with Crippen LogP contribution in [0.4, 0.5) is 23.4 Å². The molecule has 0 saturated heterocycles. The molecule has 164 valence electrons. The van der Waals surface area contributed by atoms with Crippen molar-refractivity contribution in [2.24, 2.45) is 7.05 Å². The normalized spacial score (nSPS) is 16.3.